The first-order valence-corrected chi connectivity index (χ1v) is 10.3. The molecule has 0 aliphatic carbocycles. The van der Waals surface area contributed by atoms with E-state index in [0.717, 1.165) is 22.1 Å². The molecule has 3 aromatic heterocycles. The monoisotopic (exact) mass is 408 g/mol. The molecule has 0 amide bonds. The summed E-state index contributed by atoms with van der Waals surface area (Å²) in [5, 5.41) is 3.40. The number of thiazole rings is 1. The fourth-order valence-corrected chi connectivity index (χ4v) is 3.98. The Balaban J connectivity index is 1.60. The van der Waals surface area contributed by atoms with Gasteiger partial charge in [-0.25, -0.2) is 9.97 Å². The normalized spacial score (nSPS) is 11.3. The van der Waals surface area contributed by atoms with Crippen LogP contribution in [-0.2, 0) is 0 Å². The van der Waals surface area contributed by atoms with Crippen molar-refractivity contribution in [1.29, 1.82) is 0 Å². The molecule has 2 aromatic carbocycles. The molecule has 0 saturated carbocycles. The topological polar surface area (TPSA) is 60.7 Å². The molecule has 0 fully saturated rings. The summed E-state index contributed by atoms with van der Waals surface area (Å²) in [6, 6.07) is 22.7. The summed E-state index contributed by atoms with van der Waals surface area (Å²) >= 11 is 1.53. The van der Waals surface area contributed by atoms with Gasteiger partial charge in [0.05, 0.1) is 28.0 Å². The van der Waals surface area contributed by atoms with Crippen LogP contribution < -0.4 is 5.56 Å². The second kappa shape index (κ2) is 7.85. The number of para-hydroxylation sites is 2. The second-order valence-corrected chi connectivity index (χ2v) is 7.45. The largest absolute Gasteiger partial charge is 0.268 e. The lowest BCUT2D eigenvalue weighted by atomic mass is 10.2. The highest BCUT2D eigenvalue weighted by molar-refractivity contribution is 7.13. The van der Waals surface area contributed by atoms with Crippen LogP contribution in [0.5, 0.6) is 0 Å². The van der Waals surface area contributed by atoms with Gasteiger partial charge in [0.25, 0.3) is 5.56 Å². The average molecular weight is 408 g/mol. The van der Waals surface area contributed by atoms with Crippen molar-refractivity contribution in [3.63, 3.8) is 0 Å². The van der Waals surface area contributed by atoms with Crippen LogP contribution in [0, 0.1) is 0 Å². The van der Waals surface area contributed by atoms with Gasteiger partial charge in [-0.3, -0.25) is 14.3 Å². The summed E-state index contributed by atoms with van der Waals surface area (Å²) in [6.45, 7) is 0. The SMILES string of the molecule is O=c1c2ccccc2nc(C=Cc2csc(-c3ccccn3)n2)n1-c1ccccc1. The number of fused-ring (bicyclic) bond motifs is 1. The molecule has 5 nitrogen and oxygen atoms in total. The van der Waals surface area contributed by atoms with Crippen molar-refractivity contribution in [1.82, 2.24) is 19.5 Å². The lowest BCUT2D eigenvalue weighted by Crippen LogP contribution is -2.22. The number of nitrogens with zero attached hydrogens (tertiary/aromatic N) is 4. The zero-order valence-electron chi connectivity index (χ0n) is 15.8. The van der Waals surface area contributed by atoms with Crippen LogP contribution in [0.4, 0.5) is 0 Å². The van der Waals surface area contributed by atoms with Crippen molar-refractivity contribution in [2.45, 2.75) is 0 Å². The molecule has 30 heavy (non-hydrogen) atoms. The average Bonchev–Trinajstić information content (AvgIpc) is 3.28. The number of benzene rings is 2. The summed E-state index contributed by atoms with van der Waals surface area (Å²) < 4.78 is 1.63. The predicted octanol–water partition coefficient (Wildman–Crippen LogP) is 5.07. The van der Waals surface area contributed by atoms with Gasteiger partial charge in [-0.2, -0.15) is 0 Å². The maximum absolute atomic E-state index is 13.2. The molecule has 5 rings (SSSR count). The van der Waals surface area contributed by atoms with E-state index in [-0.39, 0.29) is 5.56 Å². The highest BCUT2D eigenvalue weighted by Gasteiger charge is 2.11. The van der Waals surface area contributed by atoms with E-state index in [1.807, 2.05) is 84.3 Å². The molecule has 6 heteroatoms. The van der Waals surface area contributed by atoms with Crippen LogP contribution in [0.3, 0.4) is 0 Å². The zero-order valence-corrected chi connectivity index (χ0v) is 16.7. The highest BCUT2D eigenvalue weighted by atomic mass is 32.1. The highest BCUT2D eigenvalue weighted by Crippen LogP contribution is 2.22. The molecule has 0 bridgehead atoms. The molecule has 5 aromatic rings. The molecule has 0 unspecified atom stereocenters. The van der Waals surface area contributed by atoms with Crippen LogP contribution in [0.2, 0.25) is 0 Å². The van der Waals surface area contributed by atoms with Crippen molar-refractivity contribution in [3.05, 3.63) is 106 Å². The first kappa shape index (κ1) is 18.1. The summed E-state index contributed by atoms with van der Waals surface area (Å²) in [7, 11) is 0. The number of hydrogen-bond donors (Lipinski definition) is 0. The van der Waals surface area contributed by atoms with E-state index < -0.39 is 0 Å². The second-order valence-electron chi connectivity index (χ2n) is 6.59. The summed E-state index contributed by atoms with van der Waals surface area (Å²) in [6.07, 6.45) is 5.46. The first-order valence-electron chi connectivity index (χ1n) is 9.42. The number of hydrogen-bond acceptors (Lipinski definition) is 5. The van der Waals surface area contributed by atoms with Crippen molar-refractivity contribution in [3.8, 4) is 16.4 Å². The Bertz CT molecular complexity index is 1410. The van der Waals surface area contributed by atoms with Crippen LogP contribution in [-0.4, -0.2) is 19.5 Å². The Kier molecular flexibility index (Phi) is 4.75. The van der Waals surface area contributed by atoms with Gasteiger partial charge >= 0.3 is 0 Å². The molecule has 0 aliphatic rings. The Labute approximate surface area is 176 Å². The fraction of sp³-hybridized carbons (Fsp3) is 0. The molecule has 144 valence electrons. The lowest BCUT2D eigenvalue weighted by molar-refractivity contribution is 0.944. The Morgan fingerprint density at radius 2 is 1.63 bits per heavy atom. The third kappa shape index (κ3) is 3.44. The number of aromatic nitrogens is 4. The van der Waals surface area contributed by atoms with E-state index in [9.17, 15) is 4.79 Å². The molecule has 0 spiro atoms. The van der Waals surface area contributed by atoms with Gasteiger partial charge in [-0.05, 0) is 48.6 Å². The maximum Gasteiger partial charge on any atom is 0.266 e. The van der Waals surface area contributed by atoms with Gasteiger partial charge in [0, 0.05) is 11.6 Å². The van der Waals surface area contributed by atoms with E-state index in [0.29, 0.717) is 16.7 Å². The standard InChI is InChI=1S/C24H16N4OS/c29-24-19-10-4-5-11-20(19)27-22(28(24)18-8-2-1-3-9-18)14-13-17-16-30-23(26-17)21-12-6-7-15-25-21/h1-16H. The number of pyridine rings is 1. The third-order valence-corrected chi connectivity index (χ3v) is 5.51. The van der Waals surface area contributed by atoms with Gasteiger partial charge in [0.15, 0.2) is 0 Å². The molecule has 0 N–H and O–H groups in total. The molecule has 0 aliphatic heterocycles. The van der Waals surface area contributed by atoms with Crippen LogP contribution in [0.15, 0.2) is 89.2 Å². The van der Waals surface area contributed by atoms with Gasteiger partial charge < -0.3 is 0 Å². The Hall–Kier alpha value is -3.90. The zero-order chi connectivity index (χ0) is 20.3. The van der Waals surface area contributed by atoms with Crippen molar-refractivity contribution in [2.75, 3.05) is 0 Å². The number of rotatable bonds is 4. The summed E-state index contributed by atoms with van der Waals surface area (Å²) in [5.74, 6) is 0.553. The first-order chi connectivity index (χ1) is 14.8. The quantitative estimate of drug-likeness (QED) is 0.416. The molecule has 0 radical (unpaired) electrons. The van der Waals surface area contributed by atoms with Gasteiger partial charge in [0.1, 0.15) is 10.8 Å². The minimum absolute atomic E-state index is 0.0982. The lowest BCUT2D eigenvalue weighted by Gasteiger charge is -2.11. The van der Waals surface area contributed by atoms with Crippen molar-refractivity contribution < 1.29 is 0 Å². The molecule has 3 heterocycles. The Morgan fingerprint density at radius 3 is 2.47 bits per heavy atom. The fourth-order valence-electron chi connectivity index (χ4n) is 3.22. The van der Waals surface area contributed by atoms with Crippen molar-refractivity contribution >= 4 is 34.4 Å². The Morgan fingerprint density at radius 1 is 0.833 bits per heavy atom. The molecular formula is C24H16N4OS. The smallest absolute Gasteiger partial charge is 0.266 e. The van der Waals surface area contributed by atoms with Crippen LogP contribution in [0.1, 0.15) is 11.5 Å². The minimum Gasteiger partial charge on any atom is -0.268 e. The van der Waals surface area contributed by atoms with Crippen molar-refractivity contribution in [2.24, 2.45) is 0 Å². The van der Waals surface area contributed by atoms with E-state index in [4.69, 9.17) is 4.98 Å². The van der Waals surface area contributed by atoms with E-state index >= 15 is 0 Å². The molecule has 0 saturated heterocycles. The van der Waals surface area contributed by atoms with Gasteiger partial charge in [-0.15, -0.1) is 11.3 Å². The van der Waals surface area contributed by atoms with Crippen LogP contribution >= 0.6 is 11.3 Å². The minimum atomic E-state index is -0.0982. The predicted molar refractivity (Wildman–Crippen MR) is 122 cm³/mol. The van der Waals surface area contributed by atoms with E-state index in [1.54, 1.807) is 16.8 Å². The summed E-state index contributed by atoms with van der Waals surface area (Å²) in [5.41, 5.74) is 2.98. The third-order valence-electron chi connectivity index (χ3n) is 4.63. The summed E-state index contributed by atoms with van der Waals surface area (Å²) in [4.78, 5) is 26.9. The van der Waals surface area contributed by atoms with Crippen LogP contribution in [0.25, 0.3) is 39.4 Å². The van der Waals surface area contributed by atoms with Gasteiger partial charge in [0.2, 0.25) is 0 Å². The molecule has 0 atom stereocenters. The van der Waals surface area contributed by atoms with Gasteiger partial charge in [-0.1, -0.05) is 36.4 Å². The van der Waals surface area contributed by atoms with E-state index in [1.165, 1.54) is 11.3 Å². The maximum atomic E-state index is 13.2. The van der Waals surface area contributed by atoms with E-state index in [2.05, 4.69) is 9.97 Å². The molecular weight excluding hydrogens is 392 g/mol.